The minimum Gasteiger partial charge on any atom is -0.481 e. The summed E-state index contributed by atoms with van der Waals surface area (Å²) in [6.07, 6.45) is 1.56. The molecule has 0 atom stereocenters. The maximum Gasteiger partial charge on any atom is 0.218 e. The molecule has 0 unspecified atom stereocenters. The van der Waals surface area contributed by atoms with Crippen LogP contribution in [0, 0.1) is 6.92 Å². The molecule has 1 saturated heterocycles. The van der Waals surface area contributed by atoms with E-state index in [4.69, 9.17) is 4.74 Å². The molecule has 1 aromatic heterocycles. The van der Waals surface area contributed by atoms with E-state index in [0.717, 1.165) is 38.5 Å². The highest BCUT2D eigenvalue weighted by molar-refractivity contribution is 5.41. The predicted octanol–water partition coefficient (Wildman–Crippen LogP) is 2.12. The van der Waals surface area contributed by atoms with Gasteiger partial charge in [0.2, 0.25) is 5.88 Å². The van der Waals surface area contributed by atoms with E-state index in [9.17, 15) is 0 Å². The van der Waals surface area contributed by atoms with Crippen LogP contribution in [0.25, 0.3) is 0 Å². The normalized spacial score (nSPS) is 15.8. The Balaban J connectivity index is 1.56. The van der Waals surface area contributed by atoms with E-state index >= 15 is 0 Å². The van der Waals surface area contributed by atoms with Gasteiger partial charge in [0.15, 0.2) is 0 Å². The first-order valence-electron chi connectivity index (χ1n) is 7.63. The molecule has 116 valence electrons. The first-order valence-corrected chi connectivity index (χ1v) is 7.63. The van der Waals surface area contributed by atoms with Gasteiger partial charge in [-0.2, -0.15) is 0 Å². The smallest absolute Gasteiger partial charge is 0.218 e. The molecule has 0 N–H and O–H groups in total. The highest BCUT2D eigenvalue weighted by Gasteiger charge is 2.18. The molecule has 2 heterocycles. The number of rotatable bonds is 4. The van der Waals surface area contributed by atoms with Crippen molar-refractivity contribution in [3.63, 3.8) is 0 Å². The van der Waals surface area contributed by atoms with E-state index in [0.29, 0.717) is 5.88 Å². The van der Waals surface area contributed by atoms with E-state index in [1.807, 2.05) is 6.07 Å². The highest BCUT2D eigenvalue weighted by atomic mass is 16.5. The Hall–Kier alpha value is -2.14. The van der Waals surface area contributed by atoms with E-state index < -0.39 is 0 Å². The van der Waals surface area contributed by atoms with Crippen molar-refractivity contribution < 1.29 is 4.74 Å². The Labute approximate surface area is 131 Å². The van der Waals surface area contributed by atoms with Crippen LogP contribution < -0.4 is 9.64 Å². The number of benzene rings is 1. The largest absolute Gasteiger partial charge is 0.481 e. The van der Waals surface area contributed by atoms with Gasteiger partial charge in [-0.3, -0.25) is 4.90 Å². The predicted molar refractivity (Wildman–Crippen MR) is 87.3 cm³/mol. The van der Waals surface area contributed by atoms with Gasteiger partial charge in [0, 0.05) is 38.8 Å². The van der Waals surface area contributed by atoms with Crippen LogP contribution >= 0.6 is 0 Å². The molecule has 0 saturated carbocycles. The molecule has 1 aliphatic rings. The van der Waals surface area contributed by atoms with Crippen molar-refractivity contribution in [3.05, 3.63) is 47.8 Å². The van der Waals surface area contributed by atoms with Gasteiger partial charge in [-0.1, -0.05) is 29.8 Å². The van der Waals surface area contributed by atoms with E-state index in [2.05, 4.69) is 51.0 Å². The summed E-state index contributed by atoms with van der Waals surface area (Å²) in [5.41, 5.74) is 2.69. The van der Waals surface area contributed by atoms with Gasteiger partial charge in [-0.15, -0.1) is 0 Å². The monoisotopic (exact) mass is 298 g/mol. The molecule has 2 aromatic rings. The second-order valence-corrected chi connectivity index (χ2v) is 5.67. The molecule has 5 heteroatoms. The third-order valence-corrected chi connectivity index (χ3v) is 4.06. The van der Waals surface area contributed by atoms with E-state index in [1.54, 1.807) is 13.4 Å². The SMILES string of the molecule is COc1cc(N2CCN(Cc3ccc(C)cc3)CC2)ncn1. The maximum atomic E-state index is 5.17. The average molecular weight is 298 g/mol. The minimum absolute atomic E-state index is 0.618. The Bertz CT molecular complexity index is 606. The molecule has 1 aromatic carbocycles. The van der Waals surface area contributed by atoms with Crippen molar-refractivity contribution in [1.29, 1.82) is 0 Å². The Kier molecular flexibility index (Phi) is 4.53. The van der Waals surface area contributed by atoms with Gasteiger partial charge in [0.1, 0.15) is 12.1 Å². The Morgan fingerprint density at radius 1 is 1.05 bits per heavy atom. The number of anilines is 1. The molecule has 1 fully saturated rings. The van der Waals surface area contributed by atoms with Crippen molar-refractivity contribution in [2.75, 3.05) is 38.2 Å². The molecule has 0 bridgehead atoms. The Morgan fingerprint density at radius 3 is 2.45 bits per heavy atom. The summed E-state index contributed by atoms with van der Waals surface area (Å²) in [4.78, 5) is 13.2. The molecule has 0 aliphatic carbocycles. The molecular formula is C17H22N4O. The molecule has 22 heavy (non-hydrogen) atoms. The van der Waals surface area contributed by atoms with Crippen LogP contribution in [0.1, 0.15) is 11.1 Å². The fourth-order valence-corrected chi connectivity index (χ4v) is 2.70. The van der Waals surface area contributed by atoms with Gasteiger partial charge in [-0.25, -0.2) is 9.97 Å². The van der Waals surface area contributed by atoms with Crippen molar-refractivity contribution in [2.45, 2.75) is 13.5 Å². The number of aromatic nitrogens is 2. The average Bonchev–Trinajstić information content (AvgIpc) is 2.58. The van der Waals surface area contributed by atoms with Crippen LogP contribution in [0.15, 0.2) is 36.7 Å². The summed E-state index contributed by atoms with van der Waals surface area (Å²) in [5.74, 6) is 1.56. The van der Waals surface area contributed by atoms with Crippen LogP contribution in [0.2, 0.25) is 0 Å². The topological polar surface area (TPSA) is 41.5 Å². The van der Waals surface area contributed by atoms with Crippen molar-refractivity contribution in [1.82, 2.24) is 14.9 Å². The molecule has 0 amide bonds. The van der Waals surface area contributed by atoms with Crippen molar-refractivity contribution in [2.24, 2.45) is 0 Å². The first-order chi connectivity index (χ1) is 10.7. The molecule has 3 rings (SSSR count). The van der Waals surface area contributed by atoms with Crippen molar-refractivity contribution >= 4 is 5.82 Å². The van der Waals surface area contributed by atoms with Gasteiger partial charge < -0.3 is 9.64 Å². The fourth-order valence-electron chi connectivity index (χ4n) is 2.70. The molecule has 5 nitrogen and oxygen atoms in total. The van der Waals surface area contributed by atoms with E-state index in [-0.39, 0.29) is 0 Å². The standard InChI is InChI=1S/C17H22N4O/c1-14-3-5-15(6-4-14)12-20-7-9-21(10-8-20)16-11-17(22-2)19-13-18-16/h3-6,11,13H,7-10,12H2,1-2H3. The van der Waals surface area contributed by atoms with Gasteiger partial charge in [0.05, 0.1) is 7.11 Å². The van der Waals surface area contributed by atoms with E-state index in [1.165, 1.54) is 11.1 Å². The number of nitrogens with zero attached hydrogens (tertiary/aromatic N) is 4. The number of ether oxygens (including phenoxy) is 1. The van der Waals surface area contributed by atoms with Gasteiger partial charge in [-0.05, 0) is 12.5 Å². The Morgan fingerprint density at radius 2 is 1.77 bits per heavy atom. The lowest BCUT2D eigenvalue weighted by Gasteiger charge is -2.35. The third-order valence-electron chi connectivity index (χ3n) is 4.06. The number of hydrogen-bond donors (Lipinski definition) is 0. The molecular weight excluding hydrogens is 276 g/mol. The summed E-state index contributed by atoms with van der Waals surface area (Å²) in [7, 11) is 1.63. The lowest BCUT2D eigenvalue weighted by Crippen LogP contribution is -2.46. The highest BCUT2D eigenvalue weighted by Crippen LogP contribution is 2.18. The number of aryl methyl sites for hydroxylation is 1. The zero-order chi connectivity index (χ0) is 15.4. The molecule has 1 aliphatic heterocycles. The first kappa shape index (κ1) is 14.8. The number of hydrogen-bond acceptors (Lipinski definition) is 5. The van der Waals surface area contributed by atoms with Crippen LogP contribution in [0.4, 0.5) is 5.82 Å². The third kappa shape index (κ3) is 3.54. The zero-order valence-electron chi connectivity index (χ0n) is 13.2. The fraction of sp³-hybridized carbons (Fsp3) is 0.412. The van der Waals surface area contributed by atoms with Gasteiger partial charge >= 0.3 is 0 Å². The van der Waals surface area contributed by atoms with Crippen molar-refractivity contribution in [3.8, 4) is 5.88 Å². The van der Waals surface area contributed by atoms with Crippen LogP contribution in [-0.4, -0.2) is 48.2 Å². The summed E-state index contributed by atoms with van der Waals surface area (Å²) >= 11 is 0. The van der Waals surface area contributed by atoms with Crippen LogP contribution in [-0.2, 0) is 6.54 Å². The summed E-state index contributed by atoms with van der Waals surface area (Å²) in [6.45, 7) is 7.18. The van der Waals surface area contributed by atoms with Crippen LogP contribution in [0.5, 0.6) is 5.88 Å². The zero-order valence-corrected chi connectivity index (χ0v) is 13.2. The summed E-state index contributed by atoms with van der Waals surface area (Å²) in [5, 5.41) is 0. The lowest BCUT2D eigenvalue weighted by molar-refractivity contribution is 0.249. The van der Waals surface area contributed by atoms with Gasteiger partial charge in [0.25, 0.3) is 0 Å². The minimum atomic E-state index is 0.618. The second kappa shape index (κ2) is 6.75. The summed E-state index contributed by atoms with van der Waals surface area (Å²) < 4.78 is 5.17. The molecule has 0 spiro atoms. The summed E-state index contributed by atoms with van der Waals surface area (Å²) in [6, 6.07) is 10.7. The van der Waals surface area contributed by atoms with Crippen LogP contribution in [0.3, 0.4) is 0 Å². The number of methoxy groups -OCH3 is 1. The second-order valence-electron chi connectivity index (χ2n) is 5.67. The quantitative estimate of drug-likeness (QED) is 0.865. The molecule has 0 radical (unpaired) electrons. The lowest BCUT2D eigenvalue weighted by atomic mass is 10.1. The number of piperazine rings is 1. The maximum absolute atomic E-state index is 5.17.